The number of aliphatic hydroxyl groups is 1. The van der Waals surface area contributed by atoms with Crippen LogP contribution < -0.4 is 0 Å². The third-order valence-electron chi connectivity index (χ3n) is 0.343. The Morgan fingerprint density at radius 3 is 1.64 bits per heavy atom. The van der Waals surface area contributed by atoms with Crippen LogP contribution in [0.4, 0.5) is 13.2 Å². The van der Waals surface area contributed by atoms with E-state index in [4.69, 9.17) is 15.0 Å². The van der Waals surface area contributed by atoms with Crippen molar-refractivity contribution < 1.29 is 28.2 Å². The molecule has 0 aromatic rings. The number of halogens is 3. The van der Waals surface area contributed by atoms with Gasteiger partial charge in [0.1, 0.15) is 0 Å². The van der Waals surface area contributed by atoms with E-state index in [1.165, 1.54) is 0 Å². The van der Waals surface area contributed by atoms with Crippen molar-refractivity contribution in [1.29, 1.82) is 0 Å². The van der Waals surface area contributed by atoms with Crippen molar-refractivity contribution in [2.45, 2.75) is 6.18 Å². The van der Waals surface area contributed by atoms with Gasteiger partial charge < -0.3 is 10.2 Å². The molecule has 0 radical (unpaired) electrons. The van der Waals surface area contributed by atoms with E-state index in [1.54, 1.807) is 0 Å². The zero-order chi connectivity index (χ0) is 9.49. The first-order chi connectivity index (χ1) is 4.86. The minimum Gasteiger partial charge on any atom is -0.475 e. The first-order valence-corrected chi connectivity index (χ1v) is 3.01. The number of carbonyl (C=O) groups is 1. The fraction of sp³-hybridized carbons (Fsp3) is 0.750. The molecule has 0 saturated heterocycles. The minimum atomic E-state index is -5.08. The van der Waals surface area contributed by atoms with Crippen molar-refractivity contribution in [2.75, 3.05) is 12.4 Å². The molecule has 2 N–H and O–H groups in total. The van der Waals surface area contributed by atoms with Crippen molar-refractivity contribution in [3.8, 4) is 0 Å². The first kappa shape index (κ1) is 13.2. The van der Waals surface area contributed by atoms with Crippen LogP contribution in [0.2, 0.25) is 0 Å². The Balaban J connectivity index is 0. The van der Waals surface area contributed by atoms with Gasteiger partial charge in [-0.05, 0) is 0 Å². The standard InChI is InChI=1S/C2HF3O2.C2H6OS/c3-2(4,5)1(6)7;3-1-2-4/h(H,6,7);3-4H,1-2H2. The van der Waals surface area contributed by atoms with Gasteiger partial charge in [0.05, 0.1) is 6.61 Å². The predicted molar refractivity (Wildman–Crippen MR) is 34.6 cm³/mol. The summed E-state index contributed by atoms with van der Waals surface area (Å²) in [5, 5.41) is 14.9. The molecule has 68 valence electrons. The number of hydrogen-bond acceptors (Lipinski definition) is 3. The zero-order valence-electron chi connectivity index (χ0n) is 5.30. The van der Waals surface area contributed by atoms with Gasteiger partial charge in [-0.15, -0.1) is 0 Å². The van der Waals surface area contributed by atoms with Crippen molar-refractivity contribution >= 4 is 18.6 Å². The lowest BCUT2D eigenvalue weighted by molar-refractivity contribution is -0.192. The summed E-state index contributed by atoms with van der Waals surface area (Å²) in [4.78, 5) is 8.90. The number of carboxylic acid groups (broad SMARTS) is 1. The van der Waals surface area contributed by atoms with Gasteiger partial charge >= 0.3 is 12.1 Å². The van der Waals surface area contributed by atoms with Crippen molar-refractivity contribution in [3.05, 3.63) is 0 Å². The summed E-state index contributed by atoms with van der Waals surface area (Å²) in [5.74, 6) is -2.19. The van der Waals surface area contributed by atoms with Crippen LogP contribution in [-0.2, 0) is 4.79 Å². The molecule has 0 bridgehead atoms. The average Bonchev–Trinajstić information content (AvgIpc) is 1.87. The first-order valence-electron chi connectivity index (χ1n) is 2.38. The summed E-state index contributed by atoms with van der Waals surface area (Å²) < 4.78 is 31.7. The molecule has 0 heterocycles. The highest BCUT2D eigenvalue weighted by atomic mass is 32.1. The van der Waals surface area contributed by atoms with Gasteiger partial charge in [-0.3, -0.25) is 0 Å². The Morgan fingerprint density at radius 2 is 1.64 bits per heavy atom. The molecule has 3 nitrogen and oxygen atoms in total. The van der Waals surface area contributed by atoms with Crippen LogP contribution in [0.15, 0.2) is 0 Å². The van der Waals surface area contributed by atoms with Gasteiger partial charge in [0.15, 0.2) is 0 Å². The van der Waals surface area contributed by atoms with E-state index in [-0.39, 0.29) is 6.61 Å². The Labute approximate surface area is 66.2 Å². The predicted octanol–water partition coefficient (Wildman–Crippen LogP) is 0.542. The monoisotopic (exact) mass is 192 g/mol. The Kier molecular flexibility index (Phi) is 7.54. The normalized spacial score (nSPS) is 9.91. The number of alkyl halides is 3. The van der Waals surface area contributed by atoms with Crippen LogP contribution in [0.5, 0.6) is 0 Å². The van der Waals surface area contributed by atoms with Crippen LogP contribution in [-0.4, -0.2) is 34.7 Å². The van der Waals surface area contributed by atoms with Gasteiger partial charge in [0, 0.05) is 5.75 Å². The molecule has 11 heavy (non-hydrogen) atoms. The van der Waals surface area contributed by atoms with E-state index in [1.807, 2.05) is 0 Å². The molecule has 0 unspecified atom stereocenters. The quantitative estimate of drug-likeness (QED) is 0.531. The van der Waals surface area contributed by atoms with E-state index in [2.05, 4.69) is 12.6 Å². The Bertz CT molecular complexity index is 112. The fourth-order valence-corrected chi connectivity index (χ4v) is 0. The van der Waals surface area contributed by atoms with Crippen LogP contribution in [0.1, 0.15) is 0 Å². The second-order valence-corrected chi connectivity index (χ2v) is 1.70. The summed E-state index contributed by atoms with van der Waals surface area (Å²) >= 11 is 3.67. The number of aliphatic carboxylic acids is 1. The minimum absolute atomic E-state index is 0.184. The highest BCUT2D eigenvalue weighted by Crippen LogP contribution is 2.13. The molecule has 0 aliphatic carbocycles. The number of hydrogen-bond donors (Lipinski definition) is 3. The molecule has 0 aromatic heterocycles. The second kappa shape index (κ2) is 6.29. The van der Waals surface area contributed by atoms with Gasteiger partial charge in [-0.1, -0.05) is 0 Å². The van der Waals surface area contributed by atoms with E-state index >= 15 is 0 Å². The molecule has 0 atom stereocenters. The van der Waals surface area contributed by atoms with Crippen molar-refractivity contribution in [2.24, 2.45) is 0 Å². The molecule has 0 amide bonds. The maximum absolute atomic E-state index is 10.6. The molecular weight excluding hydrogens is 185 g/mol. The van der Waals surface area contributed by atoms with E-state index < -0.39 is 12.1 Å². The lowest BCUT2D eigenvalue weighted by atomic mass is 10.7. The van der Waals surface area contributed by atoms with Crippen molar-refractivity contribution in [1.82, 2.24) is 0 Å². The Morgan fingerprint density at radius 1 is 1.45 bits per heavy atom. The molecular formula is C4H7F3O3S. The third kappa shape index (κ3) is 12.7. The maximum Gasteiger partial charge on any atom is 0.490 e. The topological polar surface area (TPSA) is 57.5 Å². The van der Waals surface area contributed by atoms with Gasteiger partial charge in [0.25, 0.3) is 0 Å². The zero-order valence-corrected chi connectivity index (χ0v) is 6.19. The van der Waals surface area contributed by atoms with Gasteiger partial charge in [-0.2, -0.15) is 25.8 Å². The summed E-state index contributed by atoms with van der Waals surface area (Å²) in [7, 11) is 0. The molecule has 0 spiro atoms. The number of carboxylic acids is 1. The molecule has 7 heteroatoms. The largest absolute Gasteiger partial charge is 0.490 e. The maximum atomic E-state index is 10.6. The van der Waals surface area contributed by atoms with Crippen LogP contribution in [0.3, 0.4) is 0 Å². The van der Waals surface area contributed by atoms with Crippen LogP contribution >= 0.6 is 12.6 Å². The lowest BCUT2D eigenvalue weighted by Gasteiger charge is -1.93. The molecule has 0 fully saturated rings. The van der Waals surface area contributed by atoms with Crippen LogP contribution in [0.25, 0.3) is 0 Å². The highest BCUT2D eigenvalue weighted by molar-refractivity contribution is 7.80. The smallest absolute Gasteiger partial charge is 0.475 e. The number of thiol groups is 1. The molecule has 0 aliphatic rings. The second-order valence-electron chi connectivity index (χ2n) is 1.25. The molecule has 0 aliphatic heterocycles. The molecule has 0 saturated carbocycles. The van der Waals surface area contributed by atoms with Gasteiger partial charge in [-0.25, -0.2) is 4.79 Å². The number of aliphatic hydroxyl groups excluding tert-OH is 1. The van der Waals surface area contributed by atoms with E-state index in [0.717, 1.165) is 0 Å². The summed E-state index contributed by atoms with van der Waals surface area (Å²) in [6, 6.07) is 0. The summed E-state index contributed by atoms with van der Waals surface area (Å²) in [6.07, 6.45) is -5.08. The fourth-order valence-electron chi connectivity index (χ4n) is 0. The number of rotatable bonds is 1. The van der Waals surface area contributed by atoms with Crippen molar-refractivity contribution in [3.63, 3.8) is 0 Å². The summed E-state index contributed by atoms with van der Waals surface area (Å²) in [6.45, 7) is 0.184. The third-order valence-corrected chi connectivity index (χ3v) is 0.543. The lowest BCUT2D eigenvalue weighted by Crippen LogP contribution is -2.21. The summed E-state index contributed by atoms with van der Waals surface area (Å²) in [5.41, 5.74) is 0. The van der Waals surface area contributed by atoms with Gasteiger partial charge in [0.2, 0.25) is 0 Å². The van der Waals surface area contributed by atoms with E-state index in [9.17, 15) is 13.2 Å². The molecule has 0 rings (SSSR count). The average molecular weight is 192 g/mol. The molecule has 0 aromatic carbocycles. The van der Waals surface area contributed by atoms with Crippen LogP contribution in [0, 0.1) is 0 Å². The highest BCUT2D eigenvalue weighted by Gasteiger charge is 2.38. The van der Waals surface area contributed by atoms with E-state index in [0.29, 0.717) is 5.75 Å². The Hall–Kier alpha value is -0.430. The SMILES string of the molecule is O=C(O)C(F)(F)F.OCCS.